The molecule has 0 bridgehead atoms. The van der Waals surface area contributed by atoms with Gasteiger partial charge in [-0.1, -0.05) is 18.2 Å². The molecule has 0 spiro atoms. The van der Waals surface area contributed by atoms with E-state index >= 15 is 0 Å². The Morgan fingerprint density at radius 1 is 1.20 bits per heavy atom. The fourth-order valence-electron chi connectivity index (χ4n) is 1.77. The van der Waals surface area contributed by atoms with Crippen LogP contribution in [0.25, 0.3) is 0 Å². The number of benzene rings is 1. The standard InChI is InChI=1S/C15H15FN4/c1-10(17)14(18)12-6-4-8-19-15(12)20-9-11-5-2-3-7-13(11)16/h2-8,17-18H,9H2,1H3,(H,19,20). The van der Waals surface area contributed by atoms with Crippen LogP contribution in [-0.4, -0.2) is 16.4 Å². The third-order valence-corrected chi connectivity index (χ3v) is 2.86. The Bertz CT molecular complexity index is 652. The topological polar surface area (TPSA) is 72.6 Å². The average molecular weight is 270 g/mol. The van der Waals surface area contributed by atoms with Gasteiger partial charge < -0.3 is 10.7 Å². The maximum absolute atomic E-state index is 13.5. The Balaban J connectivity index is 2.20. The van der Waals surface area contributed by atoms with Crippen LogP contribution < -0.4 is 5.32 Å². The molecule has 0 saturated heterocycles. The van der Waals surface area contributed by atoms with Crippen molar-refractivity contribution < 1.29 is 4.39 Å². The average Bonchev–Trinajstić information content (AvgIpc) is 2.46. The molecule has 0 amide bonds. The molecule has 0 aliphatic rings. The molecule has 20 heavy (non-hydrogen) atoms. The van der Waals surface area contributed by atoms with Crippen molar-refractivity contribution >= 4 is 17.2 Å². The van der Waals surface area contributed by atoms with E-state index in [1.165, 1.54) is 6.07 Å². The largest absolute Gasteiger partial charge is 0.365 e. The minimum atomic E-state index is -0.282. The molecule has 5 heteroatoms. The Labute approximate surface area is 116 Å². The van der Waals surface area contributed by atoms with E-state index in [0.29, 0.717) is 16.9 Å². The first-order valence-corrected chi connectivity index (χ1v) is 6.16. The third-order valence-electron chi connectivity index (χ3n) is 2.86. The quantitative estimate of drug-likeness (QED) is 0.730. The van der Waals surface area contributed by atoms with Crippen molar-refractivity contribution in [2.75, 3.05) is 5.32 Å². The van der Waals surface area contributed by atoms with Gasteiger partial charge in [-0.3, -0.25) is 5.41 Å². The molecular weight excluding hydrogens is 255 g/mol. The minimum absolute atomic E-state index is 0.106. The summed E-state index contributed by atoms with van der Waals surface area (Å²) in [6.07, 6.45) is 1.60. The van der Waals surface area contributed by atoms with Gasteiger partial charge in [-0.05, 0) is 25.1 Å². The van der Waals surface area contributed by atoms with Gasteiger partial charge >= 0.3 is 0 Å². The van der Waals surface area contributed by atoms with E-state index in [-0.39, 0.29) is 23.8 Å². The van der Waals surface area contributed by atoms with E-state index in [9.17, 15) is 4.39 Å². The normalized spacial score (nSPS) is 10.1. The summed E-state index contributed by atoms with van der Waals surface area (Å²) >= 11 is 0. The highest BCUT2D eigenvalue weighted by Crippen LogP contribution is 2.15. The predicted molar refractivity (Wildman–Crippen MR) is 78.2 cm³/mol. The van der Waals surface area contributed by atoms with E-state index in [4.69, 9.17) is 10.8 Å². The first-order chi connectivity index (χ1) is 9.59. The van der Waals surface area contributed by atoms with Gasteiger partial charge in [0.15, 0.2) is 0 Å². The van der Waals surface area contributed by atoms with Crippen LogP contribution in [0.5, 0.6) is 0 Å². The number of aromatic nitrogens is 1. The van der Waals surface area contributed by atoms with Crippen molar-refractivity contribution in [3.05, 3.63) is 59.5 Å². The molecule has 0 atom stereocenters. The second-order valence-corrected chi connectivity index (χ2v) is 4.34. The molecule has 4 nitrogen and oxygen atoms in total. The first kappa shape index (κ1) is 13.9. The molecule has 2 aromatic rings. The number of rotatable bonds is 5. The zero-order valence-electron chi connectivity index (χ0n) is 11.1. The molecule has 0 unspecified atom stereocenters. The van der Waals surface area contributed by atoms with Gasteiger partial charge in [0.05, 0.1) is 11.4 Å². The van der Waals surface area contributed by atoms with Gasteiger partial charge in [-0.25, -0.2) is 9.37 Å². The molecule has 1 heterocycles. The number of anilines is 1. The van der Waals surface area contributed by atoms with Crippen LogP contribution in [0.3, 0.4) is 0 Å². The van der Waals surface area contributed by atoms with Crippen LogP contribution >= 0.6 is 0 Å². The SMILES string of the molecule is CC(=N)C(=N)c1cccnc1NCc1ccccc1F. The van der Waals surface area contributed by atoms with Crippen LogP contribution in [-0.2, 0) is 6.54 Å². The number of halogens is 1. The lowest BCUT2D eigenvalue weighted by Gasteiger charge is -2.11. The van der Waals surface area contributed by atoms with Crippen LogP contribution in [0.15, 0.2) is 42.6 Å². The van der Waals surface area contributed by atoms with E-state index in [0.717, 1.165) is 0 Å². The second kappa shape index (κ2) is 6.06. The Hall–Kier alpha value is -2.56. The van der Waals surface area contributed by atoms with Gasteiger partial charge in [0.2, 0.25) is 0 Å². The van der Waals surface area contributed by atoms with Gasteiger partial charge in [-0.15, -0.1) is 0 Å². The maximum Gasteiger partial charge on any atom is 0.135 e. The van der Waals surface area contributed by atoms with Crippen LogP contribution in [0.1, 0.15) is 18.1 Å². The predicted octanol–water partition coefficient (Wildman–Crippen LogP) is 3.24. The molecule has 1 aromatic heterocycles. The van der Waals surface area contributed by atoms with Crippen molar-refractivity contribution in [1.82, 2.24) is 4.98 Å². The third kappa shape index (κ3) is 3.06. The molecule has 102 valence electrons. The number of nitrogens with zero attached hydrogens (tertiary/aromatic N) is 1. The lowest BCUT2D eigenvalue weighted by atomic mass is 10.1. The van der Waals surface area contributed by atoms with Crippen molar-refractivity contribution in [2.45, 2.75) is 13.5 Å². The van der Waals surface area contributed by atoms with Gasteiger partial charge in [0, 0.05) is 23.9 Å². The Kier molecular flexibility index (Phi) is 4.20. The smallest absolute Gasteiger partial charge is 0.135 e. The number of hydrogen-bond acceptors (Lipinski definition) is 4. The molecule has 0 fully saturated rings. The summed E-state index contributed by atoms with van der Waals surface area (Å²) in [6, 6.07) is 9.93. The molecule has 0 radical (unpaired) electrons. The molecule has 1 aromatic carbocycles. The summed E-state index contributed by atoms with van der Waals surface area (Å²) < 4.78 is 13.5. The van der Waals surface area contributed by atoms with E-state index in [1.807, 2.05) is 0 Å². The van der Waals surface area contributed by atoms with Gasteiger partial charge in [0.1, 0.15) is 11.6 Å². The van der Waals surface area contributed by atoms with Crippen LogP contribution in [0.2, 0.25) is 0 Å². The highest BCUT2D eigenvalue weighted by atomic mass is 19.1. The highest BCUT2D eigenvalue weighted by Gasteiger charge is 2.10. The first-order valence-electron chi connectivity index (χ1n) is 6.16. The summed E-state index contributed by atoms with van der Waals surface area (Å²) in [5, 5.41) is 18.4. The van der Waals surface area contributed by atoms with Gasteiger partial charge in [0.25, 0.3) is 0 Å². The zero-order valence-corrected chi connectivity index (χ0v) is 11.1. The molecule has 3 N–H and O–H groups in total. The number of hydrogen-bond donors (Lipinski definition) is 3. The summed E-state index contributed by atoms with van der Waals surface area (Å²) in [6.45, 7) is 1.83. The van der Waals surface area contributed by atoms with Gasteiger partial charge in [-0.2, -0.15) is 0 Å². The molecule has 0 saturated carbocycles. The Morgan fingerprint density at radius 3 is 2.65 bits per heavy atom. The fourth-order valence-corrected chi connectivity index (χ4v) is 1.77. The fraction of sp³-hybridized carbons (Fsp3) is 0.133. The summed E-state index contributed by atoms with van der Waals surface area (Å²) in [5.41, 5.74) is 1.33. The van der Waals surface area contributed by atoms with E-state index < -0.39 is 0 Å². The number of nitrogens with one attached hydrogen (secondary N) is 3. The Morgan fingerprint density at radius 2 is 1.95 bits per heavy atom. The molecule has 0 aliphatic heterocycles. The minimum Gasteiger partial charge on any atom is -0.365 e. The number of pyridine rings is 1. The van der Waals surface area contributed by atoms with Crippen LogP contribution in [0.4, 0.5) is 10.2 Å². The molecule has 0 aliphatic carbocycles. The van der Waals surface area contributed by atoms with Crippen molar-refractivity contribution in [3.8, 4) is 0 Å². The summed E-state index contributed by atoms with van der Waals surface area (Å²) in [5.74, 6) is 0.197. The van der Waals surface area contributed by atoms with Crippen LogP contribution in [0, 0.1) is 16.6 Å². The van der Waals surface area contributed by atoms with E-state index in [1.54, 1.807) is 43.5 Å². The monoisotopic (exact) mass is 270 g/mol. The lowest BCUT2D eigenvalue weighted by Crippen LogP contribution is -2.14. The van der Waals surface area contributed by atoms with Crippen molar-refractivity contribution in [2.24, 2.45) is 0 Å². The molecular formula is C15H15FN4. The van der Waals surface area contributed by atoms with Crippen molar-refractivity contribution in [3.63, 3.8) is 0 Å². The zero-order chi connectivity index (χ0) is 14.5. The summed E-state index contributed by atoms with van der Waals surface area (Å²) in [7, 11) is 0. The second-order valence-electron chi connectivity index (χ2n) is 4.34. The highest BCUT2D eigenvalue weighted by molar-refractivity contribution is 6.46. The molecule has 2 rings (SSSR count). The van der Waals surface area contributed by atoms with Crippen molar-refractivity contribution in [1.29, 1.82) is 10.8 Å². The lowest BCUT2D eigenvalue weighted by molar-refractivity contribution is 0.613. The van der Waals surface area contributed by atoms with E-state index in [2.05, 4.69) is 10.3 Å². The summed E-state index contributed by atoms with van der Waals surface area (Å²) in [4.78, 5) is 4.16. The maximum atomic E-state index is 13.5.